The molecule has 0 spiro atoms. The minimum atomic E-state index is -0.429. The quantitative estimate of drug-likeness (QED) is 0.535. The summed E-state index contributed by atoms with van der Waals surface area (Å²) >= 11 is 12.0. The molecule has 0 aliphatic rings. The van der Waals surface area contributed by atoms with Gasteiger partial charge >= 0.3 is 5.97 Å². The molecule has 2 heterocycles. The molecule has 0 atom stereocenters. The lowest BCUT2D eigenvalue weighted by atomic mass is 10.2. The number of nitrogens with zero attached hydrogens (tertiary/aromatic N) is 3. The van der Waals surface area contributed by atoms with E-state index in [2.05, 4.69) is 9.97 Å². The molecule has 0 fully saturated rings. The van der Waals surface area contributed by atoms with Crippen LogP contribution in [0, 0.1) is 0 Å². The van der Waals surface area contributed by atoms with Gasteiger partial charge in [-0.1, -0.05) is 29.8 Å². The van der Waals surface area contributed by atoms with E-state index in [9.17, 15) is 4.79 Å². The van der Waals surface area contributed by atoms with Crippen molar-refractivity contribution in [3.05, 3.63) is 52.5 Å². The van der Waals surface area contributed by atoms with Gasteiger partial charge in [0.05, 0.1) is 24.4 Å². The maximum Gasteiger partial charge on any atom is 0.340 e. The van der Waals surface area contributed by atoms with Crippen LogP contribution < -0.4 is 0 Å². The second-order valence-electron chi connectivity index (χ2n) is 4.23. The van der Waals surface area contributed by atoms with E-state index >= 15 is 0 Å². The molecule has 0 aliphatic heterocycles. The summed E-state index contributed by atoms with van der Waals surface area (Å²) in [7, 11) is 1.34. The maximum atomic E-state index is 11.9. The van der Waals surface area contributed by atoms with Gasteiger partial charge in [0.1, 0.15) is 5.02 Å². The van der Waals surface area contributed by atoms with Crippen LogP contribution in [0.2, 0.25) is 10.3 Å². The van der Waals surface area contributed by atoms with Gasteiger partial charge < -0.3 is 4.74 Å². The largest absolute Gasteiger partial charge is 0.465 e. The highest BCUT2D eigenvalue weighted by Crippen LogP contribution is 2.28. The summed E-state index contributed by atoms with van der Waals surface area (Å²) in [4.78, 5) is 19.8. The predicted octanol–water partition coefficient (Wildman–Crippen LogP) is 3.51. The molecule has 0 bridgehead atoms. The van der Waals surface area contributed by atoms with Gasteiger partial charge in [-0.2, -0.15) is 4.98 Å². The second kappa shape index (κ2) is 5.35. The summed E-state index contributed by atoms with van der Waals surface area (Å²) in [6.07, 6.45) is 3.04. The second-order valence-corrected chi connectivity index (χ2v) is 4.98. The molecule has 0 aliphatic carbocycles. The van der Waals surface area contributed by atoms with Gasteiger partial charge in [0.15, 0.2) is 5.82 Å². The molecule has 0 saturated carbocycles. The SMILES string of the molecule is COC(=O)c1cn(-c2nc(Cl)ncc2Cl)c2ccccc12. The van der Waals surface area contributed by atoms with Gasteiger partial charge in [0.25, 0.3) is 0 Å². The van der Waals surface area contributed by atoms with Crippen molar-refractivity contribution in [2.45, 2.75) is 0 Å². The molecule has 0 unspecified atom stereocenters. The van der Waals surface area contributed by atoms with Crippen LogP contribution in [0.5, 0.6) is 0 Å². The van der Waals surface area contributed by atoms with Crippen molar-refractivity contribution in [1.82, 2.24) is 14.5 Å². The molecule has 0 saturated heterocycles. The van der Waals surface area contributed by atoms with Crippen LogP contribution in [-0.2, 0) is 4.74 Å². The summed E-state index contributed by atoms with van der Waals surface area (Å²) in [6.45, 7) is 0. The van der Waals surface area contributed by atoms with Gasteiger partial charge in [-0.05, 0) is 17.7 Å². The zero-order valence-electron chi connectivity index (χ0n) is 10.9. The number of rotatable bonds is 2. The fourth-order valence-corrected chi connectivity index (χ4v) is 2.44. The third-order valence-electron chi connectivity index (χ3n) is 3.04. The van der Waals surface area contributed by atoms with Gasteiger partial charge in [0, 0.05) is 11.6 Å². The smallest absolute Gasteiger partial charge is 0.340 e. The summed E-state index contributed by atoms with van der Waals surface area (Å²) < 4.78 is 6.50. The fraction of sp³-hybridized carbons (Fsp3) is 0.0714. The van der Waals surface area contributed by atoms with Crippen LogP contribution in [0.1, 0.15) is 10.4 Å². The molecule has 2 aromatic heterocycles. The molecule has 1 aromatic carbocycles. The molecule has 3 rings (SSSR count). The Morgan fingerprint density at radius 3 is 2.81 bits per heavy atom. The zero-order valence-corrected chi connectivity index (χ0v) is 12.4. The van der Waals surface area contributed by atoms with Crippen molar-refractivity contribution >= 4 is 40.1 Å². The summed E-state index contributed by atoms with van der Waals surface area (Å²) in [5, 5.41) is 1.15. The number of esters is 1. The minimum absolute atomic E-state index is 0.0757. The molecular formula is C14H9Cl2N3O2. The van der Waals surface area contributed by atoms with Gasteiger partial charge in [-0.3, -0.25) is 4.57 Å². The molecule has 106 valence electrons. The number of benzene rings is 1. The van der Waals surface area contributed by atoms with Crippen LogP contribution in [-0.4, -0.2) is 27.6 Å². The van der Waals surface area contributed by atoms with E-state index in [4.69, 9.17) is 27.9 Å². The highest BCUT2D eigenvalue weighted by Gasteiger charge is 2.18. The van der Waals surface area contributed by atoms with Crippen molar-refractivity contribution in [2.24, 2.45) is 0 Å². The first-order valence-corrected chi connectivity index (χ1v) is 6.74. The lowest BCUT2D eigenvalue weighted by Gasteiger charge is -2.06. The maximum absolute atomic E-state index is 11.9. The Morgan fingerprint density at radius 2 is 2.05 bits per heavy atom. The number of carbonyl (C=O) groups excluding carboxylic acids is 1. The average Bonchev–Trinajstić information content (AvgIpc) is 2.88. The Morgan fingerprint density at radius 1 is 1.29 bits per heavy atom. The molecule has 5 nitrogen and oxygen atoms in total. The Balaban J connectivity index is 2.33. The highest BCUT2D eigenvalue weighted by atomic mass is 35.5. The highest BCUT2D eigenvalue weighted by molar-refractivity contribution is 6.33. The molecule has 0 N–H and O–H groups in total. The van der Waals surface area contributed by atoms with Crippen LogP contribution >= 0.6 is 23.2 Å². The Hall–Kier alpha value is -2.11. The van der Waals surface area contributed by atoms with Crippen LogP contribution in [0.4, 0.5) is 0 Å². The van der Waals surface area contributed by atoms with Gasteiger partial charge in [0.2, 0.25) is 5.28 Å². The lowest BCUT2D eigenvalue weighted by molar-refractivity contribution is 0.0603. The third-order valence-corrected chi connectivity index (χ3v) is 3.49. The first kappa shape index (κ1) is 13.9. The third kappa shape index (κ3) is 2.34. The van der Waals surface area contributed by atoms with Crippen molar-refractivity contribution in [3.8, 4) is 5.82 Å². The summed E-state index contributed by atoms with van der Waals surface area (Å²) in [5.74, 6) is -0.0238. The molecule has 7 heteroatoms. The molecular weight excluding hydrogens is 313 g/mol. The summed E-state index contributed by atoms with van der Waals surface area (Å²) in [5.41, 5.74) is 1.20. The van der Waals surface area contributed by atoms with Crippen molar-refractivity contribution in [1.29, 1.82) is 0 Å². The number of aromatic nitrogens is 3. The first-order chi connectivity index (χ1) is 10.1. The fourth-order valence-electron chi connectivity index (χ4n) is 2.13. The first-order valence-electron chi connectivity index (χ1n) is 5.98. The molecule has 21 heavy (non-hydrogen) atoms. The predicted molar refractivity (Wildman–Crippen MR) is 80.2 cm³/mol. The van der Waals surface area contributed by atoms with Crippen LogP contribution in [0.25, 0.3) is 16.7 Å². The minimum Gasteiger partial charge on any atom is -0.465 e. The Bertz CT molecular complexity index is 845. The number of hydrogen-bond donors (Lipinski definition) is 0. The molecule has 0 amide bonds. The van der Waals surface area contributed by atoms with E-state index in [1.54, 1.807) is 10.8 Å². The van der Waals surface area contributed by atoms with Crippen LogP contribution in [0.15, 0.2) is 36.7 Å². The normalized spacial score (nSPS) is 10.8. The van der Waals surface area contributed by atoms with Crippen molar-refractivity contribution in [3.63, 3.8) is 0 Å². The van der Waals surface area contributed by atoms with E-state index in [1.165, 1.54) is 13.3 Å². The molecule has 0 radical (unpaired) electrons. The van der Waals surface area contributed by atoms with Crippen LogP contribution in [0.3, 0.4) is 0 Å². The Labute approximate surface area is 130 Å². The number of fused-ring (bicyclic) bond motifs is 1. The summed E-state index contributed by atoms with van der Waals surface area (Å²) in [6, 6.07) is 7.38. The van der Waals surface area contributed by atoms with Gasteiger partial charge in [-0.15, -0.1) is 0 Å². The monoisotopic (exact) mass is 321 g/mol. The number of para-hydroxylation sites is 1. The topological polar surface area (TPSA) is 57.0 Å². The lowest BCUT2D eigenvalue weighted by Crippen LogP contribution is -2.01. The standard InChI is InChI=1S/C14H9Cl2N3O2/c1-21-13(20)9-7-19(11-5-3-2-4-8(9)11)12-10(15)6-17-14(16)18-12/h2-7H,1H3. The Kier molecular flexibility index (Phi) is 3.53. The van der Waals surface area contributed by atoms with Crippen molar-refractivity contribution in [2.75, 3.05) is 7.11 Å². The number of halogens is 2. The number of methoxy groups -OCH3 is 1. The van der Waals surface area contributed by atoms with E-state index < -0.39 is 5.97 Å². The number of hydrogen-bond acceptors (Lipinski definition) is 4. The number of ether oxygens (including phenoxy) is 1. The van der Waals surface area contributed by atoms with Crippen molar-refractivity contribution < 1.29 is 9.53 Å². The van der Waals surface area contributed by atoms with E-state index in [-0.39, 0.29) is 5.28 Å². The van der Waals surface area contributed by atoms with E-state index in [0.29, 0.717) is 16.4 Å². The van der Waals surface area contributed by atoms with Gasteiger partial charge in [-0.25, -0.2) is 9.78 Å². The zero-order chi connectivity index (χ0) is 15.0. The average molecular weight is 322 g/mol. The number of carbonyl (C=O) groups is 1. The molecule has 3 aromatic rings. The van der Waals surface area contributed by atoms with E-state index in [1.807, 2.05) is 24.3 Å². The van der Waals surface area contributed by atoms with E-state index in [0.717, 1.165) is 10.9 Å².